The van der Waals surface area contributed by atoms with Crippen molar-refractivity contribution in [2.75, 3.05) is 0 Å². The number of benzene rings is 10. The van der Waals surface area contributed by atoms with Crippen LogP contribution in [0.3, 0.4) is 0 Å². The minimum atomic E-state index is 1.22. The van der Waals surface area contributed by atoms with Crippen LogP contribution in [0.25, 0.3) is 98.7 Å². The monoisotopic (exact) mass is 658 g/mol. The second-order valence-electron chi connectivity index (χ2n) is 13.7. The lowest BCUT2D eigenvalue weighted by Gasteiger charge is -2.19. The molecule has 242 valence electrons. The molecular formula is C52H34. The molecule has 0 nitrogen and oxygen atoms in total. The van der Waals surface area contributed by atoms with Crippen molar-refractivity contribution in [3.63, 3.8) is 0 Å². The summed E-state index contributed by atoms with van der Waals surface area (Å²) in [6, 6.07) is 75.6. The lowest BCUT2D eigenvalue weighted by atomic mass is 9.84. The third kappa shape index (κ3) is 5.16. The van der Waals surface area contributed by atoms with E-state index in [4.69, 9.17) is 0 Å². The zero-order chi connectivity index (χ0) is 34.4. The first kappa shape index (κ1) is 30.1. The van der Waals surface area contributed by atoms with Crippen molar-refractivity contribution in [1.29, 1.82) is 0 Å². The molecule has 0 aliphatic rings. The van der Waals surface area contributed by atoms with Gasteiger partial charge in [-0.25, -0.2) is 0 Å². The highest BCUT2D eigenvalue weighted by atomic mass is 14.2. The summed E-state index contributed by atoms with van der Waals surface area (Å²) in [5.41, 5.74) is 12.3. The van der Waals surface area contributed by atoms with Crippen molar-refractivity contribution in [3.8, 4) is 55.6 Å². The number of hydrogen-bond donors (Lipinski definition) is 0. The first-order chi connectivity index (χ1) is 25.8. The van der Waals surface area contributed by atoms with Gasteiger partial charge in [-0.2, -0.15) is 0 Å². The van der Waals surface area contributed by atoms with E-state index in [1.54, 1.807) is 0 Å². The summed E-state index contributed by atoms with van der Waals surface area (Å²) in [7, 11) is 0. The van der Waals surface area contributed by atoms with Crippen molar-refractivity contribution in [3.05, 3.63) is 206 Å². The Morgan fingerprint density at radius 1 is 0.192 bits per heavy atom. The Morgan fingerprint density at radius 2 is 0.692 bits per heavy atom. The van der Waals surface area contributed by atoms with E-state index in [9.17, 15) is 0 Å². The molecule has 10 aromatic carbocycles. The summed E-state index contributed by atoms with van der Waals surface area (Å²) < 4.78 is 0. The maximum absolute atomic E-state index is 2.41. The van der Waals surface area contributed by atoms with Crippen LogP contribution in [0.4, 0.5) is 0 Å². The Kier molecular flexibility index (Phi) is 7.25. The van der Waals surface area contributed by atoms with Gasteiger partial charge in [0.2, 0.25) is 0 Å². The summed E-state index contributed by atoms with van der Waals surface area (Å²) in [6.07, 6.45) is 0. The van der Waals surface area contributed by atoms with E-state index in [1.807, 2.05) is 0 Å². The smallest absolute Gasteiger partial charge is 0.00259 e. The zero-order valence-electron chi connectivity index (χ0n) is 28.6. The van der Waals surface area contributed by atoms with Crippen molar-refractivity contribution in [2.24, 2.45) is 0 Å². The second-order valence-corrected chi connectivity index (χ2v) is 13.7. The van der Waals surface area contributed by atoms with E-state index in [1.165, 1.54) is 98.7 Å². The second kappa shape index (κ2) is 12.5. The number of hydrogen-bond acceptors (Lipinski definition) is 0. The Morgan fingerprint density at radius 3 is 1.50 bits per heavy atom. The molecule has 0 amide bonds. The summed E-state index contributed by atoms with van der Waals surface area (Å²) in [5, 5.41) is 10.1. The van der Waals surface area contributed by atoms with Gasteiger partial charge < -0.3 is 0 Å². The van der Waals surface area contributed by atoms with Gasteiger partial charge in [0.15, 0.2) is 0 Å². The largest absolute Gasteiger partial charge is 0.0622 e. The molecule has 0 heterocycles. The first-order valence-corrected chi connectivity index (χ1v) is 18.0. The predicted molar refractivity (Wildman–Crippen MR) is 224 cm³/mol. The molecule has 10 rings (SSSR count). The van der Waals surface area contributed by atoms with E-state index >= 15 is 0 Å². The molecule has 0 fully saturated rings. The molecule has 0 saturated heterocycles. The molecule has 0 radical (unpaired) electrons. The van der Waals surface area contributed by atoms with Crippen LogP contribution in [0.5, 0.6) is 0 Å². The minimum Gasteiger partial charge on any atom is -0.0622 e. The van der Waals surface area contributed by atoms with Gasteiger partial charge in [0.1, 0.15) is 0 Å². The van der Waals surface area contributed by atoms with E-state index < -0.39 is 0 Å². The summed E-state index contributed by atoms with van der Waals surface area (Å²) in [6.45, 7) is 0. The van der Waals surface area contributed by atoms with Crippen molar-refractivity contribution in [2.45, 2.75) is 0 Å². The molecule has 0 N–H and O–H groups in total. The predicted octanol–water partition coefficient (Wildman–Crippen LogP) is 14.6. The fourth-order valence-corrected chi connectivity index (χ4v) is 8.13. The topological polar surface area (TPSA) is 0 Å². The van der Waals surface area contributed by atoms with Gasteiger partial charge in [-0.1, -0.05) is 188 Å². The SMILES string of the molecule is c1ccc(-c2ccc3c(-c4ccc(-c5cccc6ccccc56)cc4)c4ccccc4c(-c4cccc(-c5ccc6ccccc6c5)c4)c3c2)cc1. The summed E-state index contributed by atoms with van der Waals surface area (Å²) in [4.78, 5) is 0. The van der Waals surface area contributed by atoms with Crippen molar-refractivity contribution < 1.29 is 0 Å². The molecular weight excluding hydrogens is 625 g/mol. The van der Waals surface area contributed by atoms with Crippen LogP contribution in [0.15, 0.2) is 206 Å². The van der Waals surface area contributed by atoms with Crippen LogP contribution in [-0.4, -0.2) is 0 Å². The first-order valence-electron chi connectivity index (χ1n) is 18.0. The van der Waals surface area contributed by atoms with E-state index in [0.717, 1.165) is 0 Å². The molecule has 0 unspecified atom stereocenters. The van der Waals surface area contributed by atoms with Crippen molar-refractivity contribution >= 4 is 43.1 Å². The fraction of sp³-hybridized carbons (Fsp3) is 0. The van der Waals surface area contributed by atoms with Crippen LogP contribution >= 0.6 is 0 Å². The minimum absolute atomic E-state index is 1.22. The van der Waals surface area contributed by atoms with Gasteiger partial charge in [0.05, 0.1) is 0 Å². The van der Waals surface area contributed by atoms with E-state index in [-0.39, 0.29) is 0 Å². The molecule has 0 aliphatic carbocycles. The van der Waals surface area contributed by atoms with Gasteiger partial charge in [0.25, 0.3) is 0 Å². The highest BCUT2D eigenvalue weighted by Crippen LogP contribution is 2.46. The lowest BCUT2D eigenvalue weighted by Crippen LogP contribution is -1.92. The number of rotatable bonds is 5. The maximum atomic E-state index is 2.41. The average Bonchev–Trinajstić information content (AvgIpc) is 3.22. The van der Waals surface area contributed by atoms with Crippen LogP contribution < -0.4 is 0 Å². The van der Waals surface area contributed by atoms with Gasteiger partial charge >= 0.3 is 0 Å². The van der Waals surface area contributed by atoms with Crippen LogP contribution in [0.1, 0.15) is 0 Å². The van der Waals surface area contributed by atoms with E-state index in [2.05, 4.69) is 206 Å². The molecule has 10 aromatic rings. The van der Waals surface area contributed by atoms with Crippen LogP contribution in [0.2, 0.25) is 0 Å². The van der Waals surface area contributed by atoms with Gasteiger partial charge in [-0.15, -0.1) is 0 Å². The Balaban J connectivity index is 1.20. The fourth-order valence-electron chi connectivity index (χ4n) is 8.13. The lowest BCUT2D eigenvalue weighted by molar-refractivity contribution is 1.61. The zero-order valence-corrected chi connectivity index (χ0v) is 28.6. The Labute approximate surface area is 303 Å². The highest BCUT2D eigenvalue weighted by Gasteiger charge is 2.18. The van der Waals surface area contributed by atoms with Crippen LogP contribution in [0, 0.1) is 0 Å². The molecule has 0 heteroatoms. The molecule has 0 spiro atoms. The molecule has 0 saturated carbocycles. The Hall–Kier alpha value is -6.76. The van der Waals surface area contributed by atoms with E-state index in [0.29, 0.717) is 0 Å². The third-order valence-corrected chi connectivity index (χ3v) is 10.6. The van der Waals surface area contributed by atoms with Gasteiger partial charge in [-0.3, -0.25) is 0 Å². The normalized spacial score (nSPS) is 11.5. The highest BCUT2D eigenvalue weighted by molar-refractivity contribution is 6.22. The average molecular weight is 659 g/mol. The molecule has 0 bridgehead atoms. The van der Waals surface area contributed by atoms with Crippen molar-refractivity contribution in [1.82, 2.24) is 0 Å². The quantitative estimate of drug-likeness (QED) is 0.161. The molecule has 52 heavy (non-hydrogen) atoms. The summed E-state index contributed by atoms with van der Waals surface area (Å²) in [5.74, 6) is 0. The number of fused-ring (bicyclic) bond motifs is 4. The maximum Gasteiger partial charge on any atom is -0.00259 e. The molecule has 0 aromatic heterocycles. The Bertz CT molecular complexity index is 2930. The van der Waals surface area contributed by atoms with Crippen LogP contribution in [-0.2, 0) is 0 Å². The third-order valence-electron chi connectivity index (χ3n) is 10.6. The summed E-state index contributed by atoms with van der Waals surface area (Å²) >= 11 is 0. The van der Waals surface area contributed by atoms with Gasteiger partial charge in [-0.05, 0) is 117 Å². The van der Waals surface area contributed by atoms with Gasteiger partial charge in [0, 0.05) is 0 Å². The standard InChI is InChI=1S/C52H34/c1-2-12-35(13-3-1)43-30-31-49-50(34-43)52(44-19-10-18-41(33-44)42-29-24-36-14-4-5-16-40(36)32-42)48-22-9-8-21-47(48)51(49)39-27-25-38(26-28-39)46-23-11-17-37-15-6-7-20-45(37)46/h1-34H. The molecule has 0 atom stereocenters. The molecule has 0 aliphatic heterocycles.